The molecule has 0 amide bonds. The topological polar surface area (TPSA) is 111 Å². The van der Waals surface area contributed by atoms with Gasteiger partial charge < -0.3 is 15.2 Å². The van der Waals surface area contributed by atoms with Crippen molar-refractivity contribution >= 4 is 17.5 Å². The van der Waals surface area contributed by atoms with E-state index in [9.17, 15) is 27.2 Å². The number of anilines is 2. The third kappa shape index (κ3) is 5.12. The molecule has 0 aliphatic carbocycles. The highest BCUT2D eigenvalue weighted by Crippen LogP contribution is 2.27. The van der Waals surface area contributed by atoms with Crippen molar-refractivity contribution < 1.29 is 32.2 Å². The number of nitrogens with zero attached hydrogens (tertiary/aromatic N) is 4. The fourth-order valence-corrected chi connectivity index (χ4v) is 2.43. The fourth-order valence-electron chi connectivity index (χ4n) is 2.43. The van der Waals surface area contributed by atoms with E-state index in [0.29, 0.717) is 11.8 Å². The number of hydrogen-bond donors (Lipinski definition) is 2. The van der Waals surface area contributed by atoms with Crippen LogP contribution in [-0.2, 0) is 11.3 Å². The lowest BCUT2D eigenvalue weighted by Crippen LogP contribution is -2.22. The van der Waals surface area contributed by atoms with E-state index in [1.54, 1.807) is 0 Å². The second-order valence-corrected chi connectivity index (χ2v) is 5.87. The van der Waals surface area contributed by atoms with E-state index >= 15 is 0 Å². The Morgan fingerprint density at radius 3 is 2.73 bits per heavy atom. The highest BCUT2D eigenvalue weighted by atomic mass is 19.4. The summed E-state index contributed by atoms with van der Waals surface area (Å²) in [6.45, 7) is 0.0951. The molecule has 0 fully saturated rings. The maximum atomic E-state index is 14.1. The number of benzene rings is 1. The zero-order valence-corrected chi connectivity index (χ0v) is 14.9. The minimum atomic E-state index is -4.97. The molecule has 0 radical (unpaired) electrons. The second-order valence-electron chi connectivity index (χ2n) is 5.87. The Balaban J connectivity index is 1.82. The number of aliphatic carboxylic acids is 1. The first-order valence-electron chi connectivity index (χ1n) is 8.27. The molecule has 0 aliphatic rings. The van der Waals surface area contributed by atoms with Crippen LogP contribution in [0.2, 0.25) is 0 Å². The molecule has 0 bridgehead atoms. The Morgan fingerprint density at radius 1 is 1.30 bits per heavy atom. The Labute approximate surface area is 165 Å². The van der Waals surface area contributed by atoms with Crippen LogP contribution in [0.25, 0.3) is 5.69 Å². The average molecular weight is 427 g/mol. The van der Waals surface area contributed by atoms with Crippen LogP contribution in [-0.4, -0.2) is 36.8 Å². The molecule has 1 aromatic carbocycles. The largest absolute Gasteiger partial charge is 0.573 e. The van der Waals surface area contributed by atoms with Gasteiger partial charge in [0, 0.05) is 24.7 Å². The van der Waals surface area contributed by atoms with E-state index in [2.05, 4.69) is 20.1 Å². The number of nitrogens with one attached hydrogen (secondary N) is 1. The molecule has 0 saturated carbocycles. The molecule has 3 aromatic rings. The van der Waals surface area contributed by atoms with Crippen molar-refractivity contribution in [2.24, 2.45) is 0 Å². The maximum Gasteiger partial charge on any atom is 0.573 e. The van der Waals surface area contributed by atoms with Crippen molar-refractivity contribution in [3.05, 3.63) is 59.2 Å². The van der Waals surface area contributed by atoms with Crippen LogP contribution in [0.15, 0.2) is 47.8 Å². The first kappa shape index (κ1) is 20.8. The maximum absolute atomic E-state index is 14.1. The van der Waals surface area contributed by atoms with Gasteiger partial charge >= 0.3 is 12.3 Å². The van der Waals surface area contributed by atoms with Crippen LogP contribution >= 0.6 is 0 Å². The SMILES string of the molecule is O=C(O)CCn1cc(-n2ccnc(Nc3ccc(OC(F)(F)F)cc3F)c2=O)cn1. The van der Waals surface area contributed by atoms with Crippen LogP contribution in [0.5, 0.6) is 5.75 Å². The zero-order chi connectivity index (χ0) is 21.9. The van der Waals surface area contributed by atoms with Crippen LogP contribution < -0.4 is 15.6 Å². The molecule has 9 nitrogen and oxygen atoms in total. The minimum Gasteiger partial charge on any atom is -0.481 e. The van der Waals surface area contributed by atoms with Crippen molar-refractivity contribution in [1.29, 1.82) is 0 Å². The summed E-state index contributed by atoms with van der Waals surface area (Å²) >= 11 is 0. The quantitative estimate of drug-likeness (QED) is 0.558. The Bertz CT molecular complexity index is 1130. The molecule has 0 atom stereocenters. The molecule has 0 aliphatic heterocycles. The summed E-state index contributed by atoms with van der Waals surface area (Å²) in [5.74, 6) is -3.14. The summed E-state index contributed by atoms with van der Waals surface area (Å²) in [5, 5.41) is 15.1. The smallest absolute Gasteiger partial charge is 0.481 e. The number of hydrogen-bond acceptors (Lipinski definition) is 6. The fraction of sp³-hybridized carbons (Fsp3) is 0.176. The van der Waals surface area contributed by atoms with Crippen molar-refractivity contribution in [2.75, 3.05) is 5.32 Å². The Kier molecular flexibility index (Phi) is 5.71. The van der Waals surface area contributed by atoms with E-state index < -0.39 is 29.5 Å². The number of rotatable bonds is 7. The number of carboxylic acids is 1. The lowest BCUT2D eigenvalue weighted by molar-refractivity contribution is -0.274. The Hall–Kier alpha value is -3.90. The summed E-state index contributed by atoms with van der Waals surface area (Å²) in [6.07, 6.45) is 0.215. The van der Waals surface area contributed by atoms with Gasteiger partial charge in [-0.05, 0) is 12.1 Å². The van der Waals surface area contributed by atoms with Crippen LogP contribution in [0, 0.1) is 5.82 Å². The van der Waals surface area contributed by atoms with Gasteiger partial charge in [-0.2, -0.15) is 5.10 Å². The van der Waals surface area contributed by atoms with Gasteiger partial charge in [0.1, 0.15) is 11.6 Å². The summed E-state index contributed by atoms with van der Waals surface area (Å²) in [5.41, 5.74) is -0.667. The molecular formula is C17H13F4N5O4. The van der Waals surface area contributed by atoms with Crippen molar-refractivity contribution in [2.45, 2.75) is 19.3 Å². The van der Waals surface area contributed by atoms with Crippen LogP contribution in [0.4, 0.5) is 29.1 Å². The van der Waals surface area contributed by atoms with E-state index in [4.69, 9.17) is 5.11 Å². The summed E-state index contributed by atoms with van der Waals surface area (Å²) in [7, 11) is 0. The normalized spacial score (nSPS) is 11.3. The molecule has 2 aromatic heterocycles. The Morgan fingerprint density at radius 2 is 2.07 bits per heavy atom. The molecule has 3 rings (SSSR count). The van der Waals surface area contributed by atoms with Crippen LogP contribution in [0.1, 0.15) is 6.42 Å². The standard InChI is InChI=1S/C17H13F4N5O4/c18-12-7-11(30-17(19,20)21)1-2-13(12)24-15-16(29)26(6-4-22-15)10-8-23-25(9-10)5-3-14(27)28/h1-2,4,6-9H,3,5H2,(H,22,24)(H,27,28). The number of halogens is 4. The number of carbonyl (C=O) groups is 1. The summed E-state index contributed by atoms with van der Waals surface area (Å²) in [4.78, 5) is 27.1. The van der Waals surface area contributed by atoms with E-state index in [1.807, 2.05) is 0 Å². The van der Waals surface area contributed by atoms with E-state index in [1.165, 1.54) is 29.5 Å². The average Bonchev–Trinajstić information content (AvgIpc) is 3.11. The third-order valence-electron chi connectivity index (χ3n) is 3.72. The van der Waals surface area contributed by atoms with Crippen molar-refractivity contribution in [3.8, 4) is 11.4 Å². The third-order valence-corrected chi connectivity index (χ3v) is 3.72. The van der Waals surface area contributed by atoms with Gasteiger partial charge in [0.2, 0.25) is 0 Å². The zero-order valence-electron chi connectivity index (χ0n) is 14.9. The van der Waals surface area contributed by atoms with Crippen molar-refractivity contribution in [3.63, 3.8) is 0 Å². The predicted octanol–water partition coefficient (Wildman–Crippen LogP) is 2.69. The molecule has 0 saturated heterocycles. The first-order valence-corrected chi connectivity index (χ1v) is 8.27. The molecular weight excluding hydrogens is 414 g/mol. The monoisotopic (exact) mass is 427 g/mol. The van der Waals surface area contributed by atoms with Gasteiger partial charge in [-0.1, -0.05) is 0 Å². The number of carboxylic acid groups (broad SMARTS) is 1. The van der Waals surface area contributed by atoms with E-state index in [-0.39, 0.29) is 24.5 Å². The highest BCUT2D eigenvalue weighted by molar-refractivity contribution is 5.66. The lowest BCUT2D eigenvalue weighted by atomic mass is 10.3. The van der Waals surface area contributed by atoms with Crippen molar-refractivity contribution in [1.82, 2.24) is 19.3 Å². The molecule has 2 heterocycles. The van der Waals surface area contributed by atoms with Gasteiger partial charge in [-0.3, -0.25) is 18.8 Å². The number of aryl methyl sites for hydroxylation is 1. The minimum absolute atomic E-state index is 0.0951. The molecule has 2 N–H and O–H groups in total. The lowest BCUT2D eigenvalue weighted by Gasteiger charge is -2.11. The summed E-state index contributed by atoms with van der Waals surface area (Å²) in [6, 6.07) is 2.37. The first-order chi connectivity index (χ1) is 14.1. The van der Waals surface area contributed by atoms with Gasteiger partial charge in [-0.25, -0.2) is 9.37 Å². The second kappa shape index (κ2) is 8.23. The van der Waals surface area contributed by atoms with E-state index in [0.717, 1.165) is 16.7 Å². The summed E-state index contributed by atoms with van der Waals surface area (Å²) < 4.78 is 56.9. The van der Waals surface area contributed by atoms with Gasteiger partial charge in [-0.15, -0.1) is 13.2 Å². The van der Waals surface area contributed by atoms with Gasteiger partial charge in [0.05, 0.1) is 30.5 Å². The number of aromatic nitrogens is 4. The van der Waals surface area contributed by atoms with Gasteiger partial charge in [0.25, 0.3) is 5.56 Å². The highest BCUT2D eigenvalue weighted by Gasteiger charge is 2.31. The molecule has 0 unspecified atom stereocenters. The molecule has 0 spiro atoms. The number of alkyl halides is 3. The van der Waals surface area contributed by atoms with Crippen LogP contribution in [0.3, 0.4) is 0 Å². The molecule has 30 heavy (non-hydrogen) atoms. The molecule has 13 heteroatoms. The molecule has 158 valence electrons. The number of ether oxygens (including phenoxy) is 1. The predicted molar refractivity (Wildman–Crippen MR) is 94.2 cm³/mol. The van der Waals surface area contributed by atoms with Gasteiger partial charge in [0.15, 0.2) is 5.82 Å².